The summed E-state index contributed by atoms with van der Waals surface area (Å²) in [6.45, 7) is 2.34. The lowest BCUT2D eigenvalue weighted by molar-refractivity contribution is -0.124. The predicted octanol–water partition coefficient (Wildman–Crippen LogP) is 3.86. The smallest absolute Gasteiger partial charge is 0.244 e. The van der Waals surface area contributed by atoms with E-state index in [4.69, 9.17) is 11.6 Å². The first-order chi connectivity index (χ1) is 11.5. The topological polar surface area (TPSA) is 46.9 Å². The normalized spacial score (nSPS) is 17.6. The maximum atomic E-state index is 13.2. The van der Waals surface area contributed by atoms with Crippen molar-refractivity contribution < 1.29 is 9.18 Å². The van der Waals surface area contributed by atoms with E-state index in [9.17, 15) is 9.18 Å². The number of amides is 1. The molecular weight excluding hydrogens is 329 g/mol. The number of nitrogens with zero attached hydrogens (tertiary/aromatic N) is 2. The molecule has 2 aromatic rings. The minimum atomic E-state index is -0.427. The number of rotatable bonds is 5. The number of hydrogen-bond acceptors (Lipinski definition) is 2. The van der Waals surface area contributed by atoms with E-state index in [0.717, 1.165) is 31.2 Å². The molecule has 0 spiro atoms. The van der Waals surface area contributed by atoms with Crippen LogP contribution in [-0.4, -0.2) is 22.2 Å². The van der Waals surface area contributed by atoms with Crippen LogP contribution in [0.2, 0.25) is 5.02 Å². The molecule has 1 fully saturated rings. The van der Waals surface area contributed by atoms with Gasteiger partial charge >= 0.3 is 0 Å². The lowest BCUT2D eigenvalue weighted by Gasteiger charge is -2.30. The van der Waals surface area contributed by atoms with Gasteiger partial charge in [-0.25, -0.2) is 4.39 Å². The summed E-state index contributed by atoms with van der Waals surface area (Å²) in [6, 6.07) is 6.23. The Hall–Kier alpha value is -1.88. The van der Waals surface area contributed by atoms with Crippen LogP contribution in [0.3, 0.4) is 0 Å². The van der Waals surface area contributed by atoms with Gasteiger partial charge in [0.1, 0.15) is 11.9 Å². The van der Waals surface area contributed by atoms with E-state index in [0.29, 0.717) is 11.6 Å². The molecule has 1 aromatic heterocycles. The molecule has 0 unspecified atom stereocenters. The van der Waals surface area contributed by atoms with Gasteiger partial charge in [0.15, 0.2) is 0 Å². The summed E-state index contributed by atoms with van der Waals surface area (Å²) in [6.07, 6.45) is 7.40. The van der Waals surface area contributed by atoms with Crippen LogP contribution in [-0.2, 0) is 10.2 Å². The predicted molar refractivity (Wildman–Crippen MR) is 91.5 cm³/mol. The van der Waals surface area contributed by atoms with Crippen LogP contribution in [0.5, 0.6) is 0 Å². The van der Waals surface area contributed by atoms with Gasteiger partial charge in [-0.2, -0.15) is 5.10 Å². The highest BCUT2D eigenvalue weighted by Crippen LogP contribution is 2.40. The van der Waals surface area contributed by atoms with Gasteiger partial charge in [-0.05, 0) is 37.5 Å². The highest BCUT2D eigenvalue weighted by Gasteiger charge is 2.36. The molecular formula is C18H21ClFN3O. The highest BCUT2D eigenvalue weighted by molar-refractivity contribution is 6.30. The van der Waals surface area contributed by atoms with E-state index in [1.807, 2.05) is 12.1 Å². The Labute approximate surface area is 146 Å². The van der Waals surface area contributed by atoms with Crippen molar-refractivity contribution >= 4 is 17.5 Å². The van der Waals surface area contributed by atoms with Crippen LogP contribution in [0, 0.1) is 5.82 Å². The van der Waals surface area contributed by atoms with Gasteiger partial charge in [-0.15, -0.1) is 0 Å². The Balaban J connectivity index is 1.70. The fourth-order valence-electron chi connectivity index (χ4n) is 3.47. The zero-order valence-electron chi connectivity index (χ0n) is 13.6. The van der Waals surface area contributed by atoms with Gasteiger partial charge in [0.25, 0.3) is 0 Å². The quantitative estimate of drug-likeness (QED) is 0.890. The lowest BCUT2D eigenvalue weighted by atomic mass is 9.78. The number of aromatic nitrogens is 2. The van der Waals surface area contributed by atoms with Crippen molar-refractivity contribution in [3.63, 3.8) is 0 Å². The summed E-state index contributed by atoms with van der Waals surface area (Å²) in [5, 5.41) is 7.64. The molecule has 1 N–H and O–H groups in total. The monoisotopic (exact) mass is 349 g/mol. The summed E-state index contributed by atoms with van der Waals surface area (Å²) < 4.78 is 14.8. The SMILES string of the molecule is C[C@@H](C(=O)NCC1(c2ccc(F)cc2)CCCC1)n1cc(Cl)cn1. The Bertz CT molecular complexity index is 707. The van der Waals surface area contributed by atoms with E-state index >= 15 is 0 Å². The van der Waals surface area contributed by atoms with Gasteiger partial charge in [0.05, 0.1) is 11.2 Å². The van der Waals surface area contributed by atoms with Crippen molar-refractivity contribution in [2.24, 2.45) is 0 Å². The van der Waals surface area contributed by atoms with Gasteiger partial charge in [0, 0.05) is 18.2 Å². The van der Waals surface area contributed by atoms with E-state index in [1.54, 1.807) is 17.8 Å². The van der Waals surface area contributed by atoms with Crippen molar-refractivity contribution in [3.8, 4) is 0 Å². The molecule has 1 amide bonds. The second kappa shape index (κ2) is 6.93. The first-order valence-corrected chi connectivity index (χ1v) is 8.61. The lowest BCUT2D eigenvalue weighted by Crippen LogP contribution is -2.41. The number of nitrogens with one attached hydrogen (secondary N) is 1. The molecule has 0 radical (unpaired) electrons. The van der Waals surface area contributed by atoms with Crippen LogP contribution in [0.15, 0.2) is 36.7 Å². The minimum Gasteiger partial charge on any atom is -0.353 e. The molecule has 0 saturated heterocycles. The summed E-state index contributed by atoms with van der Waals surface area (Å²) in [7, 11) is 0. The molecule has 24 heavy (non-hydrogen) atoms. The van der Waals surface area contributed by atoms with Crippen LogP contribution < -0.4 is 5.32 Å². The Kier molecular flexibility index (Phi) is 4.90. The second-order valence-electron chi connectivity index (χ2n) is 6.53. The molecule has 128 valence electrons. The van der Waals surface area contributed by atoms with Gasteiger partial charge < -0.3 is 5.32 Å². The molecule has 3 rings (SSSR count). The van der Waals surface area contributed by atoms with Crippen LogP contribution in [0.4, 0.5) is 4.39 Å². The summed E-state index contributed by atoms with van der Waals surface area (Å²) in [4.78, 5) is 12.5. The third-order valence-corrected chi connectivity index (χ3v) is 5.16. The van der Waals surface area contributed by atoms with Crippen molar-refractivity contribution in [2.75, 3.05) is 6.54 Å². The third kappa shape index (κ3) is 3.46. The van der Waals surface area contributed by atoms with E-state index in [1.165, 1.54) is 18.3 Å². The fourth-order valence-corrected chi connectivity index (χ4v) is 3.62. The maximum absolute atomic E-state index is 13.2. The van der Waals surface area contributed by atoms with Crippen LogP contribution in [0.25, 0.3) is 0 Å². The van der Waals surface area contributed by atoms with E-state index in [-0.39, 0.29) is 17.1 Å². The number of hydrogen-bond donors (Lipinski definition) is 1. The molecule has 1 aliphatic carbocycles. The van der Waals surface area contributed by atoms with Crippen molar-refractivity contribution in [3.05, 3.63) is 53.1 Å². The number of halogens is 2. The maximum Gasteiger partial charge on any atom is 0.244 e. The van der Waals surface area contributed by atoms with Crippen molar-refractivity contribution in [1.82, 2.24) is 15.1 Å². The minimum absolute atomic E-state index is 0.0943. The van der Waals surface area contributed by atoms with Crippen molar-refractivity contribution in [1.29, 1.82) is 0 Å². The highest BCUT2D eigenvalue weighted by atomic mass is 35.5. The molecule has 1 heterocycles. The number of carbonyl (C=O) groups is 1. The van der Waals surface area contributed by atoms with Gasteiger partial charge in [-0.1, -0.05) is 36.6 Å². The largest absolute Gasteiger partial charge is 0.353 e. The molecule has 0 aliphatic heterocycles. The van der Waals surface area contributed by atoms with Gasteiger partial charge in [0.2, 0.25) is 5.91 Å². The fraction of sp³-hybridized carbons (Fsp3) is 0.444. The summed E-state index contributed by atoms with van der Waals surface area (Å²) in [5.41, 5.74) is 0.988. The Morgan fingerprint density at radius 2 is 2.04 bits per heavy atom. The summed E-state index contributed by atoms with van der Waals surface area (Å²) in [5.74, 6) is -0.330. The molecule has 1 saturated carbocycles. The van der Waals surface area contributed by atoms with E-state index in [2.05, 4.69) is 10.4 Å². The Morgan fingerprint density at radius 3 is 2.62 bits per heavy atom. The average molecular weight is 350 g/mol. The summed E-state index contributed by atoms with van der Waals surface area (Å²) >= 11 is 5.86. The standard InChI is InChI=1S/C18H21ClFN3O/c1-13(23-11-15(19)10-22-23)17(24)21-12-18(8-2-3-9-18)14-4-6-16(20)7-5-14/h4-7,10-11,13H,2-3,8-9,12H2,1H3,(H,21,24)/t13-/m0/s1. The zero-order chi connectivity index (χ0) is 17.2. The Morgan fingerprint density at radius 1 is 1.38 bits per heavy atom. The van der Waals surface area contributed by atoms with E-state index < -0.39 is 6.04 Å². The first kappa shape index (κ1) is 17.0. The number of carbonyl (C=O) groups excluding carboxylic acids is 1. The third-order valence-electron chi connectivity index (χ3n) is 4.96. The average Bonchev–Trinajstić information content (AvgIpc) is 3.22. The first-order valence-electron chi connectivity index (χ1n) is 8.24. The molecule has 1 atom stereocenters. The molecule has 4 nitrogen and oxygen atoms in total. The second-order valence-corrected chi connectivity index (χ2v) is 6.96. The molecule has 6 heteroatoms. The van der Waals surface area contributed by atoms with Crippen LogP contribution >= 0.6 is 11.6 Å². The molecule has 1 aromatic carbocycles. The zero-order valence-corrected chi connectivity index (χ0v) is 14.4. The van der Waals surface area contributed by atoms with Crippen LogP contribution in [0.1, 0.15) is 44.2 Å². The van der Waals surface area contributed by atoms with Crippen molar-refractivity contribution in [2.45, 2.75) is 44.1 Å². The molecule has 0 bridgehead atoms. The molecule has 1 aliphatic rings. The van der Waals surface area contributed by atoms with Gasteiger partial charge in [-0.3, -0.25) is 9.48 Å². The number of benzene rings is 1.